The van der Waals surface area contributed by atoms with Gasteiger partial charge in [-0.25, -0.2) is 4.79 Å². The molecular formula is C24H32N4O6. The summed E-state index contributed by atoms with van der Waals surface area (Å²) < 4.78 is 5.10. The van der Waals surface area contributed by atoms with Crippen molar-refractivity contribution in [1.29, 1.82) is 0 Å². The maximum Gasteiger partial charge on any atom is 0.408 e. The van der Waals surface area contributed by atoms with Crippen molar-refractivity contribution in [3.05, 3.63) is 34.9 Å². The van der Waals surface area contributed by atoms with Crippen molar-refractivity contribution in [3.8, 4) is 0 Å². The van der Waals surface area contributed by atoms with Gasteiger partial charge in [-0.1, -0.05) is 26.0 Å². The molecule has 184 valence electrons. The molecule has 0 bridgehead atoms. The average Bonchev–Trinajstić information content (AvgIpc) is 3.06. The summed E-state index contributed by atoms with van der Waals surface area (Å²) in [7, 11) is 0. The van der Waals surface area contributed by atoms with Crippen molar-refractivity contribution >= 4 is 29.7 Å². The molecule has 1 unspecified atom stereocenters. The summed E-state index contributed by atoms with van der Waals surface area (Å²) >= 11 is 0. The molecule has 1 saturated heterocycles. The monoisotopic (exact) mass is 472 g/mol. The van der Waals surface area contributed by atoms with Gasteiger partial charge < -0.3 is 20.3 Å². The van der Waals surface area contributed by atoms with Gasteiger partial charge in [0.15, 0.2) is 0 Å². The lowest BCUT2D eigenvalue weighted by molar-refractivity contribution is -0.137. The Kier molecular flexibility index (Phi) is 7.90. The predicted molar refractivity (Wildman–Crippen MR) is 122 cm³/mol. The lowest BCUT2D eigenvalue weighted by Crippen LogP contribution is -2.52. The van der Waals surface area contributed by atoms with Gasteiger partial charge in [-0.05, 0) is 49.8 Å². The van der Waals surface area contributed by atoms with Crippen molar-refractivity contribution in [3.63, 3.8) is 0 Å². The van der Waals surface area contributed by atoms with Crippen LogP contribution in [0.4, 0.5) is 4.79 Å². The molecule has 10 heteroatoms. The molecule has 2 aliphatic rings. The number of fused-ring (bicyclic) bond motifs is 1. The van der Waals surface area contributed by atoms with Gasteiger partial charge in [-0.2, -0.15) is 0 Å². The van der Waals surface area contributed by atoms with E-state index in [0.717, 1.165) is 11.1 Å². The second-order valence-electron chi connectivity index (χ2n) is 9.39. The number of hydrogen-bond acceptors (Lipinski definition) is 6. The number of piperidine rings is 1. The summed E-state index contributed by atoms with van der Waals surface area (Å²) in [6.07, 6.45) is 0.0245. The molecule has 0 aromatic heterocycles. The Morgan fingerprint density at radius 1 is 1.18 bits per heavy atom. The van der Waals surface area contributed by atoms with Crippen LogP contribution in [0.15, 0.2) is 18.2 Å². The molecule has 0 radical (unpaired) electrons. The van der Waals surface area contributed by atoms with E-state index in [0.29, 0.717) is 18.4 Å². The number of benzene rings is 1. The molecule has 2 atom stereocenters. The Balaban J connectivity index is 1.63. The summed E-state index contributed by atoms with van der Waals surface area (Å²) in [6, 6.07) is 3.87. The van der Waals surface area contributed by atoms with Gasteiger partial charge >= 0.3 is 6.09 Å². The molecule has 10 nitrogen and oxygen atoms in total. The van der Waals surface area contributed by atoms with Gasteiger partial charge in [0.1, 0.15) is 12.1 Å². The van der Waals surface area contributed by atoms with Crippen LogP contribution in [0.2, 0.25) is 0 Å². The molecule has 2 heterocycles. The SMILES string of the molecule is CC(C)C[C@@H](NC(=O)OC(C)C)C(=O)NCc1ccc2c(c1)CN(C1CCC(=O)NC1=O)C2=O. The summed E-state index contributed by atoms with van der Waals surface area (Å²) in [5, 5.41) is 7.76. The van der Waals surface area contributed by atoms with E-state index in [1.165, 1.54) is 4.90 Å². The van der Waals surface area contributed by atoms with Gasteiger partial charge in [0.25, 0.3) is 5.91 Å². The second-order valence-corrected chi connectivity index (χ2v) is 9.39. The third kappa shape index (κ3) is 6.12. The third-order valence-electron chi connectivity index (χ3n) is 5.71. The Morgan fingerprint density at radius 2 is 1.91 bits per heavy atom. The minimum absolute atomic E-state index is 0.180. The standard InChI is InChI=1S/C24H32N4O6/c1-13(2)9-18(26-24(33)34-14(3)4)21(30)25-11-15-5-6-17-16(10-15)12-28(23(17)32)19-7-8-20(29)27-22(19)31/h5-6,10,13-14,18-19H,7-9,11-12H2,1-4H3,(H,25,30)(H,26,33)(H,27,29,31)/t18-,19?/m1/s1. The number of nitrogens with one attached hydrogen (secondary N) is 3. The number of amides is 5. The minimum Gasteiger partial charge on any atom is -0.447 e. The molecule has 1 fully saturated rings. The van der Waals surface area contributed by atoms with Crippen LogP contribution in [0.5, 0.6) is 0 Å². The van der Waals surface area contributed by atoms with Crippen LogP contribution in [0, 0.1) is 5.92 Å². The fourth-order valence-electron chi connectivity index (χ4n) is 4.14. The number of carbonyl (C=O) groups is 5. The largest absolute Gasteiger partial charge is 0.447 e. The number of hydrogen-bond donors (Lipinski definition) is 3. The van der Waals surface area contributed by atoms with Crippen LogP contribution < -0.4 is 16.0 Å². The smallest absolute Gasteiger partial charge is 0.408 e. The number of alkyl carbamates (subject to hydrolysis) is 1. The highest BCUT2D eigenvalue weighted by molar-refractivity contribution is 6.05. The van der Waals surface area contributed by atoms with E-state index in [1.54, 1.807) is 26.0 Å². The van der Waals surface area contributed by atoms with Crippen LogP contribution in [0.25, 0.3) is 0 Å². The predicted octanol–water partition coefficient (Wildman–Crippen LogP) is 1.61. The van der Waals surface area contributed by atoms with E-state index in [1.807, 2.05) is 19.9 Å². The molecule has 1 aromatic carbocycles. The minimum atomic E-state index is -0.731. The lowest BCUT2D eigenvalue weighted by atomic mass is 10.0. The van der Waals surface area contributed by atoms with Crippen LogP contribution in [-0.2, 0) is 32.2 Å². The van der Waals surface area contributed by atoms with Crippen LogP contribution in [-0.4, -0.2) is 52.8 Å². The second kappa shape index (κ2) is 10.7. The molecule has 2 aliphatic heterocycles. The maximum atomic E-state index is 12.8. The van der Waals surface area contributed by atoms with E-state index in [2.05, 4.69) is 16.0 Å². The van der Waals surface area contributed by atoms with Crippen LogP contribution in [0.3, 0.4) is 0 Å². The third-order valence-corrected chi connectivity index (χ3v) is 5.71. The van der Waals surface area contributed by atoms with Crippen molar-refractivity contribution in [2.24, 2.45) is 5.92 Å². The Hall–Kier alpha value is -3.43. The van der Waals surface area contributed by atoms with Crippen molar-refractivity contribution in [1.82, 2.24) is 20.9 Å². The fraction of sp³-hybridized carbons (Fsp3) is 0.542. The molecular weight excluding hydrogens is 440 g/mol. The molecule has 3 N–H and O–H groups in total. The number of ether oxygens (including phenoxy) is 1. The lowest BCUT2D eigenvalue weighted by Gasteiger charge is -2.29. The molecule has 3 rings (SSSR count). The van der Waals surface area contributed by atoms with E-state index in [9.17, 15) is 24.0 Å². The van der Waals surface area contributed by atoms with Gasteiger partial charge in [0.05, 0.1) is 6.10 Å². The van der Waals surface area contributed by atoms with Gasteiger partial charge in [0, 0.05) is 25.1 Å². The van der Waals surface area contributed by atoms with E-state index in [-0.39, 0.29) is 49.3 Å². The zero-order valence-corrected chi connectivity index (χ0v) is 20.0. The molecule has 5 amide bonds. The summed E-state index contributed by atoms with van der Waals surface area (Å²) in [6.45, 7) is 7.87. The highest BCUT2D eigenvalue weighted by Gasteiger charge is 2.39. The van der Waals surface area contributed by atoms with Crippen molar-refractivity contribution in [2.45, 2.75) is 78.2 Å². The van der Waals surface area contributed by atoms with Gasteiger partial charge in [-0.3, -0.25) is 24.5 Å². The van der Waals surface area contributed by atoms with E-state index < -0.39 is 24.1 Å². The normalized spacial score (nSPS) is 18.6. The van der Waals surface area contributed by atoms with Crippen LogP contribution in [0.1, 0.15) is 68.4 Å². The summed E-state index contributed by atoms with van der Waals surface area (Å²) in [5.74, 6) is -1.17. The highest BCUT2D eigenvalue weighted by atomic mass is 16.6. The van der Waals surface area contributed by atoms with E-state index >= 15 is 0 Å². The number of carbonyl (C=O) groups excluding carboxylic acids is 5. The quantitative estimate of drug-likeness (QED) is 0.492. The topological polar surface area (TPSA) is 134 Å². The number of rotatable bonds is 8. The van der Waals surface area contributed by atoms with Gasteiger partial charge in [-0.15, -0.1) is 0 Å². The Morgan fingerprint density at radius 3 is 2.56 bits per heavy atom. The average molecular weight is 473 g/mol. The fourth-order valence-corrected chi connectivity index (χ4v) is 4.14. The molecule has 0 aliphatic carbocycles. The zero-order chi connectivity index (χ0) is 25.0. The number of imide groups is 1. The molecule has 34 heavy (non-hydrogen) atoms. The van der Waals surface area contributed by atoms with Crippen molar-refractivity contribution in [2.75, 3.05) is 0 Å². The van der Waals surface area contributed by atoms with Gasteiger partial charge in [0.2, 0.25) is 17.7 Å². The summed E-state index contributed by atoms with van der Waals surface area (Å²) in [5.41, 5.74) is 2.06. The first kappa shape index (κ1) is 25.2. The van der Waals surface area contributed by atoms with Crippen LogP contribution >= 0.6 is 0 Å². The zero-order valence-electron chi connectivity index (χ0n) is 20.0. The van der Waals surface area contributed by atoms with Crippen molar-refractivity contribution < 1.29 is 28.7 Å². The Bertz CT molecular complexity index is 990. The first-order valence-corrected chi connectivity index (χ1v) is 11.6. The first-order valence-electron chi connectivity index (χ1n) is 11.6. The molecule has 1 aromatic rings. The molecule has 0 spiro atoms. The summed E-state index contributed by atoms with van der Waals surface area (Å²) in [4.78, 5) is 62.7. The first-order chi connectivity index (χ1) is 16.0. The molecule has 0 saturated carbocycles. The number of nitrogens with zero attached hydrogens (tertiary/aromatic N) is 1. The Labute approximate surface area is 198 Å². The van der Waals surface area contributed by atoms with E-state index in [4.69, 9.17) is 4.74 Å². The maximum absolute atomic E-state index is 12.8. The highest BCUT2D eigenvalue weighted by Crippen LogP contribution is 2.28.